The Bertz CT molecular complexity index is 424. The molecular weight excluding hydrogens is 232 g/mol. The van der Waals surface area contributed by atoms with E-state index in [9.17, 15) is 4.79 Å². The molecule has 0 aromatic carbocycles. The average Bonchev–Trinajstić information content (AvgIpc) is 2.55. The van der Waals surface area contributed by atoms with Crippen LogP contribution in [-0.2, 0) is 0 Å². The van der Waals surface area contributed by atoms with E-state index in [1.165, 1.54) is 12.4 Å². The predicted molar refractivity (Wildman–Crippen MR) is 66.0 cm³/mol. The summed E-state index contributed by atoms with van der Waals surface area (Å²) in [6.45, 7) is 0. The van der Waals surface area contributed by atoms with Gasteiger partial charge < -0.3 is 16.2 Å². The molecule has 0 spiro atoms. The summed E-state index contributed by atoms with van der Waals surface area (Å²) in [4.78, 5) is 19.1. The van der Waals surface area contributed by atoms with E-state index in [4.69, 9.17) is 16.2 Å². The maximum atomic E-state index is 11.2. The Balaban J connectivity index is 2.14. The van der Waals surface area contributed by atoms with Crippen molar-refractivity contribution >= 4 is 5.91 Å². The molecule has 6 heteroatoms. The van der Waals surface area contributed by atoms with Crippen molar-refractivity contribution in [3.63, 3.8) is 0 Å². The average molecular weight is 250 g/mol. The number of carbonyl (C=O) groups is 1. The number of nitrogens with zero attached hydrogens (tertiary/aromatic N) is 2. The lowest BCUT2D eigenvalue weighted by Gasteiger charge is -2.22. The molecule has 1 aromatic rings. The molecule has 0 saturated heterocycles. The zero-order valence-corrected chi connectivity index (χ0v) is 10.2. The molecule has 98 valence electrons. The Morgan fingerprint density at radius 2 is 1.94 bits per heavy atom. The van der Waals surface area contributed by atoms with Gasteiger partial charge in [0, 0.05) is 18.4 Å². The van der Waals surface area contributed by atoms with Crippen LogP contribution >= 0.6 is 0 Å². The van der Waals surface area contributed by atoms with Crippen LogP contribution in [-0.4, -0.2) is 28.0 Å². The minimum atomic E-state index is -0.639. The Morgan fingerprint density at radius 3 is 2.72 bits per heavy atom. The van der Waals surface area contributed by atoms with Crippen molar-refractivity contribution in [3.05, 3.63) is 18.1 Å². The van der Waals surface area contributed by atoms with Crippen LogP contribution in [0.2, 0.25) is 0 Å². The van der Waals surface area contributed by atoms with Gasteiger partial charge in [0.15, 0.2) is 5.69 Å². The molecule has 0 bridgehead atoms. The molecule has 1 amide bonds. The number of ether oxygens (including phenoxy) is 1. The van der Waals surface area contributed by atoms with E-state index < -0.39 is 5.91 Å². The Morgan fingerprint density at radius 1 is 1.22 bits per heavy atom. The number of aromatic nitrogens is 2. The highest BCUT2D eigenvalue weighted by atomic mass is 16.5. The van der Waals surface area contributed by atoms with Crippen LogP contribution in [0.25, 0.3) is 0 Å². The maximum absolute atomic E-state index is 11.2. The van der Waals surface area contributed by atoms with Crippen molar-refractivity contribution in [2.24, 2.45) is 11.5 Å². The van der Waals surface area contributed by atoms with E-state index in [-0.39, 0.29) is 23.7 Å². The van der Waals surface area contributed by atoms with Crippen LogP contribution in [0.4, 0.5) is 0 Å². The fourth-order valence-corrected chi connectivity index (χ4v) is 2.17. The van der Waals surface area contributed by atoms with Crippen LogP contribution in [0.3, 0.4) is 0 Å². The Kier molecular flexibility index (Phi) is 4.09. The predicted octanol–water partition coefficient (Wildman–Crippen LogP) is 0.614. The molecule has 1 saturated carbocycles. The molecule has 6 nitrogen and oxygen atoms in total. The first-order valence-electron chi connectivity index (χ1n) is 6.21. The number of amides is 1. The smallest absolute Gasteiger partial charge is 0.272 e. The molecular formula is C12H18N4O2. The molecule has 1 aromatic heterocycles. The standard InChI is InChI=1S/C12H18N4O2/c13-8-4-2-1-3-5-9(8)18-12-10(11(14)17)15-6-7-16-12/h6-9H,1-5,13H2,(H2,14,17). The number of hydrogen-bond acceptors (Lipinski definition) is 5. The molecule has 0 aliphatic heterocycles. The molecule has 2 atom stereocenters. The van der Waals surface area contributed by atoms with Gasteiger partial charge in [0.2, 0.25) is 5.88 Å². The lowest BCUT2D eigenvalue weighted by Crippen LogP contribution is -2.38. The van der Waals surface area contributed by atoms with Gasteiger partial charge in [-0.1, -0.05) is 12.8 Å². The molecule has 2 unspecified atom stereocenters. The second-order valence-electron chi connectivity index (χ2n) is 4.53. The topological polar surface area (TPSA) is 104 Å². The van der Waals surface area contributed by atoms with E-state index in [0.29, 0.717) is 0 Å². The van der Waals surface area contributed by atoms with Gasteiger partial charge in [-0.05, 0) is 19.3 Å². The van der Waals surface area contributed by atoms with E-state index in [2.05, 4.69) is 9.97 Å². The Labute approximate surface area is 106 Å². The lowest BCUT2D eigenvalue weighted by molar-refractivity contribution is 0.0979. The molecule has 1 aliphatic rings. The number of hydrogen-bond donors (Lipinski definition) is 2. The first-order valence-corrected chi connectivity index (χ1v) is 6.21. The highest BCUT2D eigenvalue weighted by Crippen LogP contribution is 2.22. The minimum absolute atomic E-state index is 0.0322. The third-order valence-corrected chi connectivity index (χ3v) is 3.16. The zero-order chi connectivity index (χ0) is 13.0. The largest absolute Gasteiger partial charge is 0.471 e. The summed E-state index contributed by atoms with van der Waals surface area (Å²) in [5, 5.41) is 0. The SMILES string of the molecule is NC(=O)c1nccnc1OC1CCCCCC1N. The summed E-state index contributed by atoms with van der Waals surface area (Å²) in [7, 11) is 0. The summed E-state index contributed by atoms with van der Waals surface area (Å²) >= 11 is 0. The maximum Gasteiger partial charge on any atom is 0.272 e. The van der Waals surface area contributed by atoms with Crippen molar-refractivity contribution in [2.75, 3.05) is 0 Å². The second-order valence-corrected chi connectivity index (χ2v) is 4.53. The summed E-state index contributed by atoms with van der Waals surface area (Å²) in [5.41, 5.74) is 11.4. The normalized spacial score (nSPS) is 24.3. The number of primary amides is 1. The van der Waals surface area contributed by atoms with Gasteiger partial charge in [0.25, 0.3) is 5.91 Å². The Hall–Kier alpha value is -1.69. The number of nitrogens with two attached hydrogens (primary N) is 2. The molecule has 2 rings (SSSR count). The van der Waals surface area contributed by atoms with Crippen molar-refractivity contribution in [2.45, 2.75) is 44.2 Å². The zero-order valence-electron chi connectivity index (χ0n) is 10.2. The highest BCUT2D eigenvalue weighted by molar-refractivity contribution is 5.92. The molecule has 18 heavy (non-hydrogen) atoms. The molecule has 1 fully saturated rings. The van der Waals surface area contributed by atoms with Crippen LogP contribution in [0.1, 0.15) is 42.6 Å². The molecule has 1 aliphatic carbocycles. The van der Waals surface area contributed by atoms with Crippen LogP contribution < -0.4 is 16.2 Å². The summed E-state index contributed by atoms with van der Waals surface area (Å²) in [5.74, 6) is -0.451. The van der Waals surface area contributed by atoms with E-state index >= 15 is 0 Å². The summed E-state index contributed by atoms with van der Waals surface area (Å²) in [6.07, 6.45) is 7.92. The fourth-order valence-electron chi connectivity index (χ4n) is 2.17. The molecule has 0 radical (unpaired) electrons. The van der Waals surface area contributed by atoms with Gasteiger partial charge in [-0.25, -0.2) is 9.97 Å². The quantitative estimate of drug-likeness (QED) is 0.765. The minimum Gasteiger partial charge on any atom is -0.471 e. The van der Waals surface area contributed by atoms with Gasteiger partial charge in [-0.3, -0.25) is 4.79 Å². The van der Waals surface area contributed by atoms with E-state index in [0.717, 1.165) is 32.1 Å². The second kappa shape index (κ2) is 5.77. The lowest BCUT2D eigenvalue weighted by atomic mass is 10.1. The first-order chi connectivity index (χ1) is 8.68. The van der Waals surface area contributed by atoms with E-state index in [1.54, 1.807) is 0 Å². The first kappa shape index (κ1) is 12.8. The number of rotatable bonds is 3. The van der Waals surface area contributed by atoms with Gasteiger partial charge in [-0.2, -0.15) is 0 Å². The van der Waals surface area contributed by atoms with Crippen LogP contribution in [0, 0.1) is 0 Å². The highest BCUT2D eigenvalue weighted by Gasteiger charge is 2.24. The third-order valence-electron chi connectivity index (χ3n) is 3.16. The van der Waals surface area contributed by atoms with Crippen LogP contribution in [0.5, 0.6) is 5.88 Å². The third kappa shape index (κ3) is 2.95. The van der Waals surface area contributed by atoms with Gasteiger partial charge in [0.05, 0.1) is 0 Å². The number of carbonyl (C=O) groups excluding carboxylic acids is 1. The van der Waals surface area contributed by atoms with Gasteiger partial charge >= 0.3 is 0 Å². The van der Waals surface area contributed by atoms with Crippen molar-refractivity contribution < 1.29 is 9.53 Å². The van der Waals surface area contributed by atoms with Crippen molar-refractivity contribution in [1.82, 2.24) is 9.97 Å². The van der Waals surface area contributed by atoms with E-state index in [1.807, 2.05) is 0 Å². The monoisotopic (exact) mass is 250 g/mol. The van der Waals surface area contributed by atoms with Crippen molar-refractivity contribution in [1.29, 1.82) is 0 Å². The van der Waals surface area contributed by atoms with Crippen LogP contribution in [0.15, 0.2) is 12.4 Å². The molecule has 4 N–H and O–H groups in total. The van der Waals surface area contributed by atoms with Gasteiger partial charge in [0.1, 0.15) is 6.10 Å². The summed E-state index contributed by atoms with van der Waals surface area (Å²) in [6, 6.07) is -0.0322. The van der Waals surface area contributed by atoms with Gasteiger partial charge in [-0.15, -0.1) is 0 Å². The molecule has 1 heterocycles. The summed E-state index contributed by atoms with van der Waals surface area (Å²) < 4.78 is 5.74. The van der Waals surface area contributed by atoms with Crippen molar-refractivity contribution in [3.8, 4) is 5.88 Å². The fraction of sp³-hybridized carbons (Fsp3) is 0.583.